The van der Waals surface area contributed by atoms with Gasteiger partial charge >= 0.3 is 0 Å². The van der Waals surface area contributed by atoms with Crippen molar-refractivity contribution in [3.05, 3.63) is 53.9 Å². The normalized spacial score (nSPS) is 20.9. The molecule has 1 saturated carbocycles. The molecule has 5 nitrogen and oxygen atoms in total. The molecular formula is C19H25N3O2S. The molecule has 2 N–H and O–H groups in total. The van der Waals surface area contributed by atoms with Crippen LogP contribution in [0.5, 0.6) is 0 Å². The van der Waals surface area contributed by atoms with Crippen molar-refractivity contribution in [1.82, 2.24) is 4.98 Å². The summed E-state index contributed by atoms with van der Waals surface area (Å²) < 4.78 is 25.0. The fraction of sp³-hybridized carbons (Fsp3) is 0.421. The first-order valence-corrected chi connectivity index (χ1v) is 10.6. The van der Waals surface area contributed by atoms with Gasteiger partial charge in [-0.3, -0.25) is 9.71 Å². The first-order chi connectivity index (χ1) is 11.9. The zero-order chi connectivity index (χ0) is 17.9. The van der Waals surface area contributed by atoms with Crippen LogP contribution in [-0.2, 0) is 10.0 Å². The molecular weight excluding hydrogens is 334 g/mol. The van der Waals surface area contributed by atoms with Gasteiger partial charge in [-0.1, -0.05) is 12.5 Å². The van der Waals surface area contributed by atoms with Gasteiger partial charge < -0.3 is 5.32 Å². The van der Waals surface area contributed by atoms with Gasteiger partial charge in [0.05, 0.1) is 6.26 Å². The highest BCUT2D eigenvalue weighted by molar-refractivity contribution is 7.92. The number of benzene rings is 1. The summed E-state index contributed by atoms with van der Waals surface area (Å²) in [4.78, 5) is 4.60. The maximum atomic E-state index is 11.3. The number of rotatable bonds is 5. The van der Waals surface area contributed by atoms with Crippen LogP contribution in [0.2, 0.25) is 0 Å². The second-order valence-corrected chi connectivity index (χ2v) is 8.61. The lowest BCUT2D eigenvalue weighted by Gasteiger charge is -2.31. The highest BCUT2D eigenvalue weighted by atomic mass is 32.2. The van der Waals surface area contributed by atoms with Crippen molar-refractivity contribution >= 4 is 21.4 Å². The number of nitrogens with zero attached hydrogens (tertiary/aromatic N) is 1. The van der Waals surface area contributed by atoms with Crippen LogP contribution >= 0.6 is 0 Å². The summed E-state index contributed by atoms with van der Waals surface area (Å²) in [6.45, 7) is 2.13. The predicted octanol–water partition coefficient (Wildman–Crippen LogP) is 3.90. The van der Waals surface area contributed by atoms with E-state index in [1.807, 2.05) is 24.4 Å². The van der Waals surface area contributed by atoms with E-state index in [-0.39, 0.29) is 0 Å². The van der Waals surface area contributed by atoms with Gasteiger partial charge in [-0.05, 0) is 62.1 Å². The average molecular weight is 359 g/mol. The molecule has 2 atom stereocenters. The minimum Gasteiger partial charge on any atom is -0.382 e. The fourth-order valence-electron chi connectivity index (χ4n) is 3.58. The Morgan fingerprint density at radius 1 is 1.08 bits per heavy atom. The van der Waals surface area contributed by atoms with E-state index in [9.17, 15) is 8.42 Å². The molecule has 25 heavy (non-hydrogen) atoms. The van der Waals surface area contributed by atoms with E-state index < -0.39 is 10.0 Å². The number of sulfonamides is 1. The van der Waals surface area contributed by atoms with Gasteiger partial charge in [0.15, 0.2) is 0 Å². The average Bonchev–Trinajstić information content (AvgIpc) is 2.56. The van der Waals surface area contributed by atoms with Crippen molar-refractivity contribution in [3.63, 3.8) is 0 Å². The third-order valence-corrected chi connectivity index (χ3v) is 5.28. The van der Waals surface area contributed by atoms with E-state index in [4.69, 9.17) is 0 Å². The Morgan fingerprint density at radius 3 is 2.48 bits per heavy atom. The van der Waals surface area contributed by atoms with Gasteiger partial charge in [-0.15, -0.1) is 0 Å². The number of hydrogen-bond acceptors (Lipinski definition) is 4. The van der Waals surface area contributed by atoms with Crippen molar-refractivity contribution < 1.29 is 8.42 Å². The second-order valence-electron chi connectivity index (χ2n) is 6.86. The SMILES string of the molecule is Cc1cccnc1[C@H]1CCC[C@@H](Nc2ccc(NS(C)(=O)=O)cc2)C1. The lowest BCUT2D eigenvalue weighted by atomic mass is 9.82. The molecule has 134 valence electrons. The van der Waals surface area contributed by atoms with Crippen molar-refractivity contribution in [2.75, 3.05) is 16.3 Å². The van der Waals surface area contributed by atoms with Gasteiger partial charge in [0.2, 0.25) is 10.0 Å². The lowest BCUT2D eigenvalue weighted by molar-refractivity contribution is 0.404. The number of anilines is 2. The third kappa shape index (κ3) is 4.95. The van der Waals surface area contributed by atoms with E-state index in [2.05, 4.69) is 28.0 Å². The van der Waals surface area contributed by atoms with Crippen LogP contribution in [0.4, 0.5) is 11.4 Å². The third-order valence-electron chi connectivity index (χ3n) is 4.67. The van der Waals surface area contributed by atoms with E-state index >= 15 is 0 Å². The van der Waals surface area contributed by atoms with Gasteiger partial charge in [-0.2, -0.15) is 0 Å². The largest absolute Gasteiger partial charge is 0.382 e. The molecule has 1 fully saturated rings. The first-order valence-electron chi connectivity index (χ1n) is 8.66. The van der Waals surface area contributed by atoms with E-state index in [0.29, 0.717) is 17.6 Å². The Hall–Kier alpha value is -2.08. The quantitative estimate of drug-likeness (QED) is 0.849. The molecule has 2 aromatic rings. The molecule has 1 heterocycles. The highest BCUT2D eigenvalue weighted by Crippen LogP contribution is 2.34. The Balaban J connectivity index is 1.64. The Kier molecular flexibility index (Phi) is 5.27. The van der Waals surface area contributed by atoms with Gasteiger partial charge in [0, 0.05) is 35.2 Å². The number of nitrogens with one attached hydrogen (secondary N) is 2. The van der Waals surface area contributed by atoms with Crippen LogP contribution < -0.4 is 10.0 Å². The Labute approximate surface area is 149 Å². The number of aromatic nitrogens is 1. The summed E-state index contributed by atoms with van der Waals surface area (Å²) in [6, 6.07) is 11.9. The van der Waals surface area contributed by atoms with Crippen LogP contribution in [0.3, 0.4) is 0 Å². The van der Waals surface area contributed by atoms with Gasteiger partial charge in [0.25, 0.3) is 0 Å². The molecule has 1 aliphatic carbocycles. The van der Waals surface area contributed by atoms with Crippen molar-refractivity contribution in [3.8, 4) is 0 Å². The van der Waals surface area contributed by atoms with Crippen molar-refractivity contribution in [2.24, 2.45) is 0 Å². The second kappa shape index (κ2) is 7.44. The monoisotopic (exact) mass is 359 g/mol. The van der Waals surface area contributed by atoms with E-state index in [0.717, 1.165) is 24.8 Å². The standard InChI is InChI=1S/C19H25N3O2S/c1-14-5-4-12-20-19(14)15-6-3-7-18(13-15)21-16-8-10-17(11-9-16)22-25(2,23)24/h4-5,8-12,15,18,21-22H,3,6-7,13H2,1-2H3/t15-,18+/m0/s1. The molecule has 0 amide bonds. The van der Waals surface area contributed by atoms with Crippen molar-refractivity contribution in [1.29, 1.82) is 0 Å². The maximum Gasteiger partial charge on any atom is 0.229 e. The summed E-state index contributed by atoms with van der Waals surface area (Å²) in [5, 5.41) is 3.59. The summed E-state index contributed by atoms with van der Waals surface area (Å²) in [6.07, 6.45) is 7.63. The van der Waals surface area contributed by atoms with Crippen LogP contribution in [0.15, 0.2) is 42.6 Å². The smallest absolute Gasteiger partial charge is 0.229 e. The molecule has 0 radical (unpaired) electrons. The molecule has 6 heteroatoms. The molecule has 1 aromatic heterocycles. The molecule has 0 spiro atoms. The van der Waals surface area contributed by atoms with Crippen LogP contribution in [0, 0.1) is 6.92 Å². The van der Waals surface area contributed by atoms with Crippen LogP contribution in [0.25, 0.3) is 0 Å². The number of pyridine rings is 1. The minimum atomic E-state index is -3.24. The first kappa shape index (κ1) is 17.7. The number of hydrogen-bond donors (Lipinski definition) is 2. The molecule has 0 aliphatic heterocycles. The zero-order valence-electron chi connectivity index (χ0n) is 14.7. The predicted molar refractivity (Wildman–Crippen MR) is 103 cm³/mol. The maximum absolute atomic E-state index is 11.3. The highest BCUT2D eigenvalue weighted by Gasteiger charge is 2.25. The fourth-order valence-corrected chi connectivity index (χ4v) is 4.14. The molecule has 0 bridgehead atoms. The Bertz CT molecular complexity index is 819. The molecule has 0 saturated heterocycles. The van der Waals surface area contributed by atoms with Gasteiger partial charge in [-0.25, -0.2) is 8.42 Å². The number of aryl methyl sites for hydroxylation is 1. The summed E-state index contributed by atoms with van der Waals surface area (Å²) in [5.41, 5.74) is 4.09. The lowest BCUT2D eigenvalue weighted by Crippen LogP contribution is -2.27. The molecule has 0 unspecified atom stereocenters. The minimum absolute atomic E-state index is 0.411. The molecule has 1 aromatic carbocycles. The summed E-state index contributed by atoms with van der Waals surface area (Å²) in [5.74, 6) is 0.499. The van der Waals surface area contributed by atoms with E-state index in [1.165, 1.54) is 24.1 Å². The van der Waals surface area contributed by atoms with Crippen molar-refractivity contribution in [2.45, 2.75) is 44.6 Å². The van der Waals surface area contributed by atoms with Gasteiger partial charge in [0.1, 0.15) is 0 Å². The topological polar surface area (TPSA) is 71.1 Å². The molecule has 1 aliphatic rings. The summed E-state index contributed by atoms with van der Waals surface area (Å²) in [7, 11) is -3.24. The van der Waals surface area contributed by atoms with Crippen LogP contribution in [0.1, 0.15) is 42.9 Å². The molecule has 3 rings (SSSR count). The van der Waals surface area contributed by atoms with Crippen LogP contribution in [-0.4, -0.2) is 25.7 Å². The van der Waals surface area contributed by atoms with E-state index in [1.54, 1.807) is 12.1 Å². The summed E-state index contributed by atoms with van der Waals surface area (Å²) >= 11 is 0. The Morgan fingerprint density at radius 2 is 1.80 bits per heavy atom. The zero-order valence-corrected chi connectivity index (χ0v) is 15.5.